The molecule has 2 fully saturated rings. The summed E-state index contributed by atoms with van der Waals surface area (Å²) in [5.41, 5.74) is 1.28. The minimum atomic E-state index is 0.0475. The number of carbonyl (C=O) groups excluding carboxylic acids is 1. The van der Waals surface area contributed by atoms with Crippen molar-refractivity contribution in [3.05, 3.63) is 36.0 Å². The second-order valence-corrected chi connectivity index (χ2v) is 7.01. The summed E-state index contributed by atoms with van der Waals surface area (Å²) in [6.07, 6.45) is 6.80. The maximum Gasteiger partial charge on any atom is 0.280 e. The van der Waals surface area contributed by atoms with E-state index in [2.05, 4.69) is 20.5 Å². The molecule has 9 heteroatoms. The maximum atomic E-state index is 12.6. The topological polar surface area (TPSA) is 94.9 Å². The van der Waals surface area contributed by atoms with Crippen LogP contribution < -0.4 is 0 Å². The highest BCUT2D eigenvalue weighted by Gasteiger charge is 2.31. The lowest BCUT2D eigenvalue weighted by molar-refractivity contribution is 0.0777. The first-order valence-corrected chi connectivity index (χ1v) is 8.85. The zero-order valence-electron chi connectivity index (χ0n) is 14.4. The van der Waals surface area contributed by atoms with Gasteiger partial charge in [0.15, 0.2) is 11.5 Å². The number of rotatable bonds is 4. The number of aromatic nitrogens is 6. The van der Waals surface area contributed by atoms with E-state index in [1.165, 1.54) is 0 Å². The van der Waals surface area contributed by atoms with Crippen molar-refractivity contribution in [2.45, 2.75) is 31.2 Å². The van der Waals surface area contributed by atoms with Gasteiger partial charge in [0.2, 0.25) is 0 Å². The van der Waals surface area contributed by atoms with E-state index >= 15 is 0 Å². The summed E-state index contributed by atoms with van der Waals surface area (Å²) in [6, 6.07) is 3.83. The standard InChI is InChI=1S/C17H19N7O2/c1-22-7-2-3-14(22)17(25)23-8-6-12(9-23)24-10-13(19-21-24)16-18-15(20-26-16)11-4-5-11/h2-3,7,10-12H,4-6,8-9H2,1H3. The van der Waals surface area contributed by atoms with E-state index in [4.69, 9.17) is 4.52 Å². The van der Waals surface area contributed by atoms with Crippen molar-refractivity contribution in [3.8, 4) is 11.6 Å². The molecule has 3 aromatic heterocycles. The van der Waals surface area contributed by atoms with Crippen LogP contribution in [0.4, 0.5) is 0 Å². The predicted octanol–water partition coefficient (Wildman–Crippen LogP) is 1.63. The Kier molecular flexibility index (Phi) is 3.41. The molecule has 3 aromatic rings. The van der Waals surface area contributed by atoms with Gasteiger partial charge in [-0.3, -0.25) is 4.79 Å². The Morgan fingerprint density at radius 3 is 2.96 bits per heavy atom. The van der Waals surface area contributed by atoms with Crippen LogP contribution in [0.25, 0.3) is 11.6 Å². The third-order valence-electron chi connectivity index (χ3n) is 5.10. The smallest absolute Gasteiger partial charge is 0.280 e. The molecule has 134 valence electrons. The van der Waals surface area contributed by atoms with Crippen LogP contribution >= 0.6 is 0 Å². The summed E-state index contributed by atoms with van der Waals surface area (Å²) in [5, 5.41) is 12.4. The van der Waals surface area contributed by atoms with Crippen LogP contribution in [0.3, 0.4) is 0 Å². The van der Waals surface area contributed by atoms with Gasteiger partial charge in [0.1, 0.15) is 5.69 Å². The monoisotopic (exact) mass is 353 g/mol. The van der Waals surface area contributed by atoms with Crippen LogP contribution in [0.1, 0.15) is 47.5 Å². The summed E-state index contributed by atoms with van der Waals surface area (Å²) in [7, 11) is 1.88. The van der Waals surface area contributed by atoms with Gasteiger partial charge in [-0.15, -0.1) is 5.10 Å². The summed E-state index contributed by atoms with van der Waals surface area (Å²) < 4.78 is 8.95. The number of nitrogens with zero attached hydrogens (tertiary/aromatic N) is 7. The van der Waals surface area contributed by atoms with Gasteiger partial charge < -0.3 is 14.0 Å². The lowest BCUT2D eigenvalue weighted by Crippen LogP contribution is -2.30. The van der Waals surface area contributed by atoms with Gasteiger partial charge in [0.25, 0.3) is 11.8 Å². The molecule has 4 heterocycles. The molecule has 9 nitrogen and oxygen atoms in total. The number of likely N-dealkylation sites (tertiary alicyclic amines) is 1. The lowest BCUT2D eigenvalue weighted by atomic mass is 10.3. The second kappa shape index (κ2) is 5.79. The van der Waals surface area contributed by atoms with Gasteiger partial charge in [-0.05, 0) is 31.4 Å². The fraction of sp³-hybridized carbons (Fsp3) is 0.471. The van der Waals surface area contributed by atoms with E-state index in [9.17, 15) is 4.79 Å². The molecular weight excluding hydrogens is 334 g/mol. The Labute approximate surface area is 149 Å². The van der Waals surface area contributed by atoms with Crippen molar-refractivity contribution in [1.29, 1.82) is 0 Å². The summed E-state index contributed by atoms with van der Waals surface area (Å²) in [6.45, 7) is 1.32. The van der Waals surface area contributed by atoms with Gasteiger partial charge in [-0.2, -0.15) is 4.98 Å². The molecular formula is C17H19N7O2. The van der Waals surface area contributed by atoms with Crippen molar-refractivity contribution < 1.29 is 9.32 Å². The first kappa shape index (κ1) is 15.3. The second-order valence-electron chi connectivity index (χ2n) is 7.01. The van der Waals surface area contributed by atoms with E-state index in [1.54, 1.807) is 4.68 Å². The highest BCUT2D eigenvalue weighted by atomic mass is 16.5. The number of carbonyl (C=O) groups is 1. The molecule has 1 aliphatic carbocycles. The summed E-state index contributed by atoms with van der Waals surface area (Å²) in [5.74, 6) is 1.66. The van der Waals surface area contributed by atoms with Crippen molar-refractivity contribution in [1.82, 2.24) is 34.6 Å². The SMILES string of the molecule is Cn1cccc1C(=O)N1CCC(n2cc(-c3nc(C4CC4)no3)nn2)C1. The predicted molar refractivity (Wildman–Crippen MR) is 90.3 cm³/mol. The molecule has 5 rings (SSSR count). The van der Waals surface area contributed by atoms with Crippen LogP contribution in [0.2, 0.25) is 0 Å². The average Bonchev–Trinajstić information content (AvgIpc) is 3.14. The number of aryl methyl sites for hydroxylation is 1. The van der Waals surface area contributed by atoms with E-state index in [1.807, 2.05) is 41.0 Å². The Morgan fingerprint density at radius 1 is 1.31 bits per heavy atom. The molecule has 2 aliphatic rings. The minimum Gasteiger partial charge on any atom is -0.347 e. The average molecular weight is 353 g/mol. The highest BCUT2D eigenvalue weighted by molar-refractivity contribution is 5.92. The van der Waals surface area contributed by atoms with Crippen molar-refractivity contribution >= 4 is 5.91 Å². The minimum absolute atomic E-state index is 0.0475. The fourth-order valence-corrected chi connectivity index (χ4v) is 3.39. The third kappa shape index (κ3) is 2.59. The van der Waals surface area contributed by atoms with Crippen LogP contribution in [0.5, 0.6) is 0 Å². The Balaban J connectivity index is 1.29. The van der Waals surface area contributed by atoms with Crippen LogP contribution in [0, 0.1) is 0 Å². The fourth-order valence-electron chi connectivity index (χ4n) is 3.39. The molecule has 1 unspecified atom stereocenters. The zero-order valence-corrected chi connectivity index (χ0v) is 14.4. The maximum absolute atomic E-state index is 12.6. The van der Waals surface area contributed by atoms with Crippen molar-refractivity contribution in [2.75, 3.05) is 13.1 Å². The van der Waals surface area contributed by atoms with Crippen molar-refractivity contribution in [3.63, 3.8) is 0 Å². The third-order valence-corrected chi connectivity index (χ3v) is 5.10. The quantitative estimate of drug-likeness (QED) is 0.707. The number of hydrogen-bond donors (Lipinski definition) is 0. The molecule has 0 aromatic carbocycles. The zero-order chi connectivity index (χ0) is 17.7. The summed E-state index contributed by atoms with van der Waals surface area (Å²) >= 11 is 0. The molecule has 1 atom stereocenters. The van der Waals surface area contributed by atoms with Gasteiger partial charge in [0, 0.05) is 32.3 Å². The molecule has 1 amide bonds. The van der Waals surface area contributed by atoms with E-state index in [0.29, 0.717) is 36.3 Å². The van der Waals surface area contributed by atoms with E-state index < -0.39 is 0 Å². The lowest BCUT2D eigenvalue weighted by Gasteiger charge is -2.16. The Hall–Kier alpha value is -2.97. The van der Waals surface area contributed by atoms with Crippen LogP contribution in [-0.2, 0) is 7.05 Å². The van der Waals surface area contributed by atoms with Gasteiger partial charge in [0.05, 0.1) is 12.2 Å². The molecule has 0 spiro atoms. The normalized spacial score (nSPS) is 20.0. The van der Waals surface area contributed by atoms with E-state index in [0.717, 1.165) is 25.1 Å². The van der Waals surface area contributed by atoms with E-state index in [-0.39, 0.29) is 11.9 Å². The molecule has 1 saturated heterocycles. The van der Waals surface area contributed by atoms with Crippen molar-refractivity contribution in [2.24, 2.45) is 7.05 Å². The molecule has 26 heavy (non-hydrogen) atoms. The Bertz CT molecular complexity index is 952. The van der Waals surface area contributed by atoms with Gasteiger partial charge >= 0.3 is 0 Å². The van der Waals surface area contributed by atoms with Gasteiger partial charge in [-0.25, -0.2) is 4.68 Å². The van der Waals surface area contributed by atoms with Gasteiger partial charge in [-0.1, -0.05) is 10.4 Å². The number of hydrogen-bond acceptors (Lipinski definition) is 6. The highest BCUT2D eigenvalue weighted by Crippen LogP contribution is 2.38. The number of amides is 1. The summed E-state index contributed by atoms with van der Waals surface area (Å²) in [4.78, 5) is 18.9. The molecule has 0 N–H and O–H groups in total. The largest absolute Gasteiger partial charge is 0.347 e. The Morgan fingerprint density at radius 2 is 2.19 bits per heavy atom. The molecule has 1 saturated carbocycles. The van der Waals surface area contributed by atoms with Crippen LogP contribution in [-0.4, -0.2) is 53.6 Å². The van der Waals surface area contributed by atoms with Crippen LogP contribution in [0.15, 0.2) is 29.0 Å². The molecule has 0 bridgehead atoms. The first-order chi connectivity index (χ1) is 12.7. The first-order valence-electron chi connectivity index (χ1n) is 8.85. The molecule has 0 radical (unpaired) electrons. The molecule has 1 aliphatic heterocycles.